The maximum Gasteiger partial charge on any atom is 0.230 e. The Morgan fingerprint density at radius 3 is 2.19 bits per heavy atom. The Morgan fingerprint density at radius 1 is 1.10 bits per heavy atom. The van der Waals surface area contributed by atoms with Gasteiger partial charge in [0.1, 0.15) is 0 Å². The summed E-state index contributed by atoms with van der Waals surface area (Å²) in [5.74, 6) is -0.0791. The summed E-state index contributed by atoms with van der Waals surface area (Å²) in [4.78, 5) is 15.8. The van der Waals surface area contributed by atoms with Crippen LogP contribution in [0.5, 0.6) is 0 Å². The molecule has 1 amide bonds. The monoisotopic (exact) mass is 460 g/mol. The normalized spacial score (nSPS) is 10.7. The van der Waals surface area contributed by atoms with Gasteiger partial charge in [-0.2, -0.15) is 0 Å². The van der Waals surface area contributed by atoms with Gasteiger partial charge in [-0.25, -0.2) is 4.98 Å². The number of aryl methyl sites for hydroxylation is 1. The molecule has 0 radical (unpaired) electrons. The average molecular weight is 461 g/mol. The number of benzene rings is 2. The minimum Gasteiger partial charge on any atom is -0.375 e. The number of hydrogen-bond donors (Lipinski definition) is 3. The van der Waals surface area contributed by atoms with Crippen LogP contribution in [0.1, 0.15) is 49.4 Å². The Labute approximate surface area is 194 Å². The van der Waals surface area contributed by atoms with Crippen LogP contribution in [-0.4, -0.2) is 17.4 Å². The lowest BCUT2D eigenvalue weighted by Gasteiger charge is -2.04. The Morgan fingerprint density at radius 2 is 1.71 bits per heavy atom. The molecule has 1 unspecified atom stereocenters. The van der Waals surface area contributed by atoms with Crippen LogP contribution in [0.15, 0.2) is 60.0 Å². The zero-order valence-electron chi connectivity index (χ0n) is 18.5. The highest BCUT2D eigenvalue weighted by Crippen LogP contribution is 2.17. The Hall–Kier alpha value is -2.41. The molecule has 3 aromatic rings. The molecule has 0 bridgehead atoms. The van der Waals surface area contributed by atoms with Crippen molar-refractivity contribution in [1.82, 2.24) is 4.98 Å². The van der Waals surface area contributed by atoms with Crippen molar-refractivity contribution in [2.75, 3.05) is 17.6 Å². The molecular weight excluding hydrogens is 428 g/mol. The zero-order valence-corrected chi connectivity index (χ0v) is 20.0. The van der Waals surface area contributed by atoms with Gasteiger partial charge in [0, 0.05) is 17.6 Å². The predicted octanol–water partition coefficient (Wildman–Crippen LogP) is 5.81. The van der Waals surface area contributed by atoms with Crippen molar-refractivity contribution in [3.05, 3.63) is 76.8 Å². The minimum absolute atomic E-state index is 0.0406. The van der Waals surface area contributed by atoms with Gasteiger partial charge in [0.05, 0.1) is 17.5 Å². The summed E-state index contributed by atoms with van der Waals surface area (Å²) in [5.41, 5.74) is 14.7. The third-order valence-corrected chi connectivity index (χ3v) is 5.08. The van der Waals surface area contributed by atoms with Crippen LogP contribution in [0.4, 0.5) is 10.8 Å². The van der Waals surface area contributed by atoms with Gasteiger partial charge in [0.2, 0.25) is 5.91 Å². The number of nitrogens with one attached hydrogen (secondary N) is 1. The van der Waals surface area contributed by atoms with E-state index in [9.17, 15) is 4.79 Å². The number of anilines is 2. The highest BCUT2D eigenvalue weighted by Gasteiger charge is 2.07. The van der Waals surface area contributed by atoms with Crippen LogP contribution in [-0.2, 0) is 17.6 Å². The predicted molar refractivity (Wildman–Crippen MR) is 135 cm³/mol. The quantitative estimate of drug-likeness (QED) is 0.404. The molecule has 0 spiro atoms. The van der Waals surface area contributed by atoms with Crippen LogP contribution in [0, 0.1) is 0 Å². The molecule has 0 saturated heterocycles. The summed E-state index contributed by atoms with van der Waals surface area (Å²) >= 11 is 7.21. The standard InChI is InChI=1S/C13H15N3OS.C8H10ClN.C3H8/c1-2-9-3-5-10(6-4-9)15-12(17)7-11-8-18-13(14)16-11;9-8(6-10)7-4-2-1-3-5-7;1-3-2/h3-6,8H,2,7H2,1H3,(H2,14,16)(H,15,17);1-5,8H,6,10H2;3H2,1-2H3. The van der Waals surface area contributed by atoms with Gasteiger partial charge in [0.15, 0.2) is 5.13 Å². The SMILES string of the molecule is CCC.CCc1ccc(NC(=O)Cc2csc(N)n2)cc1.NCC(Cl)c1ccccc1. The summed E-state index contributed by atoms with van der Waals surface area (Å²) in [5, 5.41) is 5.09. The first-order valence-electron chi connectivity index (χ1n) is 10.4. The number of hydrogen-bond acceptors (Lipinski definition) is 5. The van der Waals surface area contributed by atoms with Crippen molar-refractivity contribution in [1.29, 1.82) is 0 Å². The second-order valence-electron chi connectivity index (χ2n) is 6.77. The van der Waals surface area contributed by atoms with Crippen LogP contribution < -0.4 is 16.8 Å². The number of nitrogen functional groups attached to an aromatic ring is 1. The molecule has 2 aromatic carbocycles. The number of halogens is 1. The van der Waals surface area contributed by atoms with Gasteiger partial charge in [-0.05, 0) is 29.7 Å². The Kier molecular flexibility index (Phi) is 13.2. The Balaban J connectivity index is 0.000000311. The van der Waals surface area contributed by atoms with Gasteiger partial charge in [0.25, 0.3) is 0 Å². The molecule has 168 valence electrons. The molecule has 0 aliphatic rings. The fourth-order valence-electron chi connectivity index (χ4n) is 2.40. The van der Waals surface area contributed by atoms with E-state index in [2.05, 4.69) is 31.1 Å². The Bertz CT molecular complexity index is 869. The van der Waals surface area contributed by atoms with Crippen LogP contribution in [0.2, 0.25) is 0 Å². The molecule has 0 aliphatic carbocycles. The number of amides is 1. The fourth-order valence-corrected chi connectivity index (χ4v) is 3.10. The first kappa shape index (κ1) is 26.6. The molecular formula is C24H33ClN4OS. The largest absolute Gasteiger partial charge is 0.375 e. The van der Waals surface area contributed by atoms with Crippen LogP contribution >= 0.6 is 22.9 Å². The second kappa shape index (κ2) is 15.4. The smallest absolute Gasteiger partial charge is 0.230 e. The van der Waals surface area contributed by atoms with Gasteiger partial charge in [-0.1, -0.05) is 69.7 Å². The van der Waals surface area contributed by atoms with E-state index < -0.39 is 0 Å². The molecule has 5 nitrogen and oxygen atoms in total. The maximum absolute atomic E-state index is 11.8. The molecule has 1 aromatic heterocycles. The lowest BCUT2D eigenvalue weighted by molar-refractivity contribution is -0.115. The number of thiazole rings is 1. The van der Waals surface area contributed by atoms with Crippen LogP contribution in [0.25, 0.3) is 0 Å². The lowest BCUT2D eigenvalue weighted by atomic mass is 10.1. The molecule has 1 atom stereocenters. The molecule has 0 fully saturated rings. The third-order valence-electron chi connectivity index (χ3n) is 3.93. The highest BCUT2D eigenvalue weighted by molar-refractivity contribution is 7.13. The topological polar surface area (TPSA) is 94.0 Å². The van der Waals surface area contributed by atoms with E-state index in [1.54, 1.807) is 5.38 Å². The van der Waals surface area contributed by atoms with E-state index in [4.69, 9.17) is 23.1 Å². The number of alkyl halides is 1. The number of nitrogens with two attached hydrogens (primary N) is 2. The van der Waals surface area contributed by atoms with Crippen molar-refractivity contribution in [2.24, 2.45) is 5.73 Å². The number of aromatic nitrogens is 1. The van der Waals surface area contributed by atoms with Gasteiger partial charge >= 0.3 is 0 Å². The van der Waals surface area contributed by atoms with E-state index >= 15 is 0 Å². The van der Waals surface area contributed by atoms with Crippen LogP contribution in [0.3, 0.4) is 0 Å². The fraction of sp³-hybridized carbons (Fsp3) is 0.333. The highest BCUT2D eigenvalue weighted by atomic mass is 35.5. The number of carbonyl (C=O) groups excluding carboxylic acids is 1. The van der Waals surface area contributed by atoms with E-state index in [0.717, 1.165) is 17.7 Å². The molecule has 5 N–H and O–H groups in total. The number of carbonyl (C=O) groups is 1. The zero-order chi connectivity index (χ0) is 23.1. The average Bonchev–Trinajstić information content (AvgIpc) is 3.19. The van der Waals surface area contributed by atoms with Gasteiger partial charge in [-0.15, -0.1) is 22.9 Å². The van der Waals surface area contributed by atoms with E-state index in [-0.39, 0.29) is 17.7 Å². The van der Waals surface area contributed by atoms with E-state index in [0.29, 0.717) is 17.4 Å². The molecule has 7 heteroatoms. The van der Waals surface area contributed by atoms with Crippen molar-refractivity contribution in [2.45, 2.75) is 45.4 Å². The van der Waals surface area contributed by atoms with Crippen molar-refractivity contribution >= 4 is 39.7 Å². The van der Waals surface area contributed by atoms with E-state index in [1.807, 2.05) is 54.6 Å². The first-order valence-corrected chi connectivity index (χ1v) is 11.7. The van der Waals surface area contributed by atoms with E-state index in [1.165, 1.54) is 23.3 Å². The van der Waals surface area contributed by atoms with Crippen molar-refractivity contribution in [3.8, 4) is 0 Å². The third kappa shape index (κ3) is 11.0. The number of rotatable bonds is 6. The lowest BCUT2D eigenvalue weighted by Crippen LogP contribution is -2.14. The summed E-state index contributed by atoms with van der Waals surface area (Å²) in [6.07, 6.45) is 2.50. The van der Waals surface area contributed by atoms with Crippen molar-refractivity contribution < 1.29 is 4.79 Å². The summed E-state index contributed by atoms with van der Waals surface area (Å²) in [6, 6.07) is 17.7. The molecule has 1 heterocycles. The summed E-state index contributed by atoms with van der Waals surface area (Å²) in [6.45, 7) is 6.84. The molecule has 3 rings (SSSR count). The molecule has 31 heavy (non-hydrogen) atoms. The minimum atomic E-state index is -0.0791. The number of nitrogens with zero attached hydrogens (tertiary/aromatic N) is 1. The molecule has 0 saturated carbocycles. The van der Waals surface area contributed by atoms with Crippen molar-refractivity contribution in [3.63, 3.8) is 0 Å². The second-order valence-corrected chi connectivity index (χ2v) is 8.19. The summed E-state index contributed by atoms with van der Waals surface area (Å²) in [7, 11) is 0. The van der Waals surface area contributed by atoms with Gasteiger partial charge < -0.3 is 16.8 Å². The summed E-state index contributed by atoms with van der Waals surface area (Å²) < 4.78 is 0. The molecule has 0 aliphatic heterocycles. The van der Waals surface area contributed by atoms with Gasteiger partial charge in [-0.3, -0.25) is 4.79 Å². The maximum atomic E-state index is 11.8. The first-order chi connectivity index (χ1) is 14.9.